The van der Waals surface area contributed by atoms with Gasteiger partial charge in [0.1, 0.15) is 17.2 Å². The number of amides is 1. The van der Waals surface area contributed by atoms with Crippen LogP contribution in [0.2, 0.25) is 5.02 Å². The minimum Gasteiger partial charge on any atom is -0.494 e. The minimum absolute atomic E-state index is 0.197. The Morgan fingerprint density at radius 1 is 1.10 bits per heavy atom. The molecule has 3 aromatic rings. The van der Waals surface area contributed by atoms with E-state index in [1.165, 1.54) is 11.8 Å². The summed E-state index contributed by atoms with van der Waals surface area (Å²) in [5.74, 6) is 1.21. The Balaban J connectivity index is 1.69. The van der Waals surface area contributed by atoms with Gasteiger partial charge in [0.05, 0.1) is 18.6 Å². The van der Waals surface area contributed by atoms with Gasteiger partial charge in [-0.15, -0.1) is 0 Å². The molecule has 0 spiro atoms. The van der Waals surface area contributed by atoms with Gasteiger partial charge in [0, 0.05) is 10.4 Å². The van der Waals surface area contributed by atoms with E-state index in [2.05, 4.69) is 10.3 Å². The average molecular weight is 439 g/mol. The molecule has 0 radical (unpaired) electrons. The topological polar surface area (TPSA) is 59.9 Å². The normalized spacial score (nSPS) is 16.3. The zero-order valence-corrected chi connectivity index (χ0v) is 18.0. The molecule has 1 N–H and O–H groups in total. The first-order chi connectivity index (χ1) is 14.6. The van der Waals surface area contributed by atoms with Crippen molar-refractivity contribution in [3.8, 4) is 11.5 Å². The van der Waals surface area contributed by atoms with Crippen LogP contribution in [0.25, 0.3) is 16.8 Å². The van der Waals surface area contributed by atoms with Gasteiger partial charge in [0.2, 0.25) is 0 Å². The fourth-order valence-electron chi connectivity index (χ4n) is 3.18. The maximum Gasteiger partial charge on any atom is 0.264 e. The number of halogens is 1. The minimum atomic E-state index is -0.197. The summed E-state index contributed by atoms with van der Waals surface area (Å²) in [6, 6.07) is 17.0. The number of ether oxygens (including phenoxy) is 2. The molecule has 1 aliphatic heterocycles. The summed E-state index contributed by atoms with van der Waals surface area (Å²) in [5, 5.41) is 5.85. The van der Waals surface area contributed by atoms with Gasteiger partial charge in [0.15, 0.2) is 5.17 Å². The van der Waals surface area contributed by atoms with Gasteiger partial charge in [-0.1, -0.05) is 41.9 Å². The van der Waals surface area contributed by atoms with Crippen molar-refractivity contribution in [1.29, 1.82) is 0 Å². The van der Waals surface area contributed by atoms with E-state index < -0.39 is 0 Å². The van der Waals surface area contributed by atoms with Gasteiger partial charge in [-0.3, -0.25) is 4.79 Å². The van der Waals surface area contributed by atoms with Gasteiger partial charge in [-0.25, -0.2) is 4.99 Å². The van der Waals surface area contributed by atoms with E-state index in [1.807, 2.05) is 49.4 Å². The number of benzene rings is 3. The maximum atomic E-state index is 12.5. The largest absolute Gasteiger partial charge is 0.494 e. The van der Waals surface area contributed by atoms with Crippen molar-refractivity contribution in [2.75, 3.05) is 13.7 Å². The molecular formula is C23H19ClN2O3S. The molecule has 4 rings (SSSR count). The van der Waals surface area contributed by atoms with Crippen LogP contribution in [-0.4, -0.2) is 24.8 Å². The molecule has 0 aromatic heterocycles. The molecule has 1 saturated heterocycles. The molecule has 7 heteroatoms. The molecular weight excluding hydrogens is 420 g/mol. The molecule has 5 nitrogen and oxygen atoms in total. The van der Waals surface area contributed by atoms with Crippen molar-refractivity contribution in [3.05, 3.63) is 70.1 Å². The van der Waals surface area contributed by atoms with E-state index in [-0.39, 0.29) is 5.91 Å². The number of methoxy groups -OCH3 is 1. The zero-order valence-electron chi connectivity index (χ0n) is 16.4. The van der Waals surface area contributed by atoms with Crippen LogP contribution >= 0.6 is 23.4 Å². The lowest BCUT2D eigenvalue weighted by Crippen LogP contribution is -2.19. The molecule has 1 fully saturated rings. The maximum absolute atomic E-state index is 12.5. The first-order valence-electron chi connectivity index (χ1n) is 9.36. The second-order valence-electron chi connectivity index (χ2n) is 6.43. The lowest BCUT2D eigenvalue weighted by molar-refractivity contribution is -0.115. The van der Waals surface area contributed by atoms with Crippen molar-refractivity contribution < 1.29 is 14.3 Å². The van der Waals surface area contributed by atoms with Gasteiger partial charge in [-0.05, 0) is 60.0 Å². The smallest absolute Gasteiger partial charge is 0.264 e. The Bertz CT molecular complexity index is 1190. The zero-order chi connectivity index (χ0) is 21.1. The molecule has 0 atom stereocenters. The molecule has 0 aliphatic carbocycles. The van der Waals surface area contributed by atoms with Crippen LogP contribution in [0.4, 0.5) is 5.69 Å². The summed E-state index contributed by atoms with van der Waals surface area (Å²) in [7, 11) is 1.57. The van der Waals surface area contributed by atoms with Gasteiger partial charge in [0.25, 0.3) is 5.91 Å². The first-order valence-corrected chi connectivity index (χ1v) is 10.6. The van der Waals surface area contributed by atoms with E-state index in [4.69, 9.17) is 21.1 Å². The van der Waals surface area contributed by atoms with Crippen molar-refractivity contribution >= 4 is 57.0 Å². The number of nitrogens with one attached hydrogen (secondary N) is 1. The molecule has 1 amide bonds. The Morgan fingerprint density at radius 2 is 1.87 bits per heavy atom. The Hall–Kier alpha value is -2.96. The SMILES string of the molecule is CCOc1ccc(/C=C2\SC(=Nc3cc(Cl)ccc3OC)NC2=O)c2ccccc12. The summed E-state index contributed by atoms with van der Waals surface area (Å²) in [4.78, 5) is 17.6. The monoisotopic (exact) mass is 438 g/mol. The number of carbonyl (C=O) groups is 1. The fraction of sp³-hybridized carbons (Fsp3) is 0.130. The Morgan fingerprint density at radius 3 is 2.63 bits per heavy atom. The summed E-state index contributed by atoms with van der Waals surface area (Å²) >= 11 is 7.35. The van der Waals surface area contributed by atoms with Gasteiger partial charge < -0.3 is 14.8 Å². The lowest BCUT2D eigenvalue weighted by Gasteiger charge is -2.09. The highest BCUT2D eigenvalue weighted by atomic mass is 35.5. The van der Waals surface area contributed by atoms with E-state index in [0.717, 1.165) is 22.1 Å². The summed E-state index contributed by atoms with van der Waals surface area (Å²) in [5.41, 5.74) is 1.49. The van der Waals surface area contributed by atoms with Crippen molar-refractivity contribution in [2.45, 2.75) is 6.92 Å². The van der Waals surface area contributed by atoms with Crippen molar-refractivity contribution in [1.82, 2.24) is 5.32 Å². The highest BCUT2D eigenvalue weighted by molar-refractivity contribution is 8.18. The second-order valence-corrected chi connectivity index (χ2v) is 7.90. The standard InChI is InChI=1S/C23H19ClN2O3S/c1-3-29-19-10-8-14(16-6-4-5-7-17(16)19)12-21-22(27)26-23(30-21)25-18-13-15(24)9-11-20(18)28-2/h4-13H,3H2,1-2H3,(H,25,26,27)/b21-12-. The van der Waals surface area contributed by atoms with E-state index in [0.29, 0.717) is 33.1 Å². The number of thioether (sulfide) groups is 1. The third-order valence-electron chi connectivity index (χ3n) is 4.52. The van der Waals surface area contributed by atoms with Crippen LogP contribution in [-0.2, 0) is 4.79 Å². The predicted molar refractivity (Wildman–Crippen MR) is 124 cm³/mol. The fourth-order valence-corrected chi connectivity index (χ4v) is 4.18. The molecule has 0 saturated carbocycles. The highest BCUT2D eigenvalue weighted by Crippen LogP contribution is 2.35. The number of hydrogen-bond donors (Lipinski definition) is 1. The number of rotatable bonds is 5. The number of hydrogen-bond acceptors (Lipinski definition) is 5. The average Bonchev–Trinajstić information content (AvgIpc) is 3.09. The van der Waals surface area contributed by atoms with Gasteiger partial charge in [-0.2, -0.15) is 0 Å². The third-order valence-corrected chi connectivity index (χ3v) is 5.66. The molecule has 3 aromatic carbocycles. The van der Waals surface area contributed by atoms with Crippen LogP contribution < -0.4 is 14.8 Å². The Kier molecular flexibility index (Phi) is 5.97. The van der Waals surface area contributed by atoms with E-state index in [9.17, 15) is 4.79 Å². The van der Waals surface area contributed by atoms with E-state index >= 15 is 0 Å². The van der Waals surface area contributed by atoms with Crippen LogP contribution in [0.1, 0.15) is 12.5 Å². The number of aliphatic imine (C=N–C) groups is 1. The van der Waals surface area contributed by atoms with Crippen LogP contribution in [0.5, 0.6) is 11.5 Å². The van der Waals surface area contributed by atoms with Gasteiger partial charge >= 0.3 is 0 Å². The number of carbonyl (C=O) groups excluding carboxylic acids is 1. The second kappa shape index (κ2) is 8.81. The van der Waals surface area contributed by atoms with E-state index in [1.54, 1.807) is 25.3 Å². The number of nitrogens with zero attached hydrogens (tertiary/aromatic N) is 1. The number of fused-ring (bicyclic) bond motifs is 1. The van der Waals surface area contributed by atoms with Crippen LogP contribution in [0.3, 0.4) is 0 Å². The van der Waals surface area contributed by atoms with Crippen molar-refractivity contribution in [3.63, 3.8) is 0 Å². The predicted octanol–water partition coefficient (Wildman–Crippen LogP) is 5.79. The molecule has 152 valence electrons. The molecule has 0 bridgehead atoms. The molecule has 1 aliphatic rings. The lowest BCUT2D eigenvalue weighted by atomic mass is 10.0. The van der Waals surface area contributed by atoms with Crippen LogP contribution in [0.15, 0.2) is 64.5 Å². The number of amidine groups is 1. The third kappa shape index (κ3) is 4.15. The van der Waals surface area contributed by atoms with Crippen LogP contribution in [0, 0.1) is 0 Å². The summed E-state index contributed by atoms with van der Waals surface area (Å²) in [6.07, 6.45) is 1.87. The molecule has 1 heterocycles. The first kappa shape index (κ1) is 20.3. The molecule has 0 unspecified atom stereocenters. The summed E-state index contributed by atoms with van der Waals surface area (Å²) < 4.78 is 11.1. The molecule has 30 heavy (non-hydrogen) atoms. The summed E-state index contributed by atoms with van der Waals surface area (Å²) in [6.45, 7) is 2.55. The Labute approximate surface area is 183 Å². The highest BCUT2D eigenvalue weighted by Gasteiger charge is 2.24. The van der Waals surface area contributed by atoms with Crippen molar-refractivity contribution in [2.24, 2.45) is 4.99 Å². The quantitative estimate of drug-likeness (QED) is 0.512.